The van der Waals surface area contributed by atoms with Crippen LogP contribution in [0.2, 0.25) is 0 Å². The number of likely N-dealkylation sites (tertiary alicyclic amines) is 1. The van der Waals surface area contributed by atoms with Crippen LogP contribution in [-0.2, 0) is 4.74 Å². The van der Waals surface area contributed by atoms with Gasteiger partial charge in [0.1, 0.15) is 5.60 Å². The van der Waals surface area contributed by atoms with Crippen LogP contribution in [0.5, 0.6) is 0 Å². The van der Waals surface area contributed by atoms with Crippen LogP contribution < -0.4 is 4.90 Å². The van der Waals surface area contributed by atoms with Crippen molar-refractivity contribution in [2.24, 2.45) is 5.41 Å². The molecule has 1 spiro atoms. The lowest BCUT2D eigenvalue weighted by Gasteiger charge is -2.40. The predicted molar refractivity (Wildman–Crippen MR) is 97.2 cm³/mol. The van der Waals surface area contributed by atoms with Gasteiger partial charge in [0.05, 0.1) is 5.69 Å². The van der Waals surface area contributed by atoms with E-state index < -0.39 is 10.5 Å². The Labute approximate surface area is 153 Å². The number of amides is 1. The molecule has 0 unspecified atom stereocenters. The molecule has 1 aromatic rings. The molecule has 0 saturated carbocycles. The molecule has 1 amide bonds. The largest absolute Gasteiger partial charge is 0.444 e. The monoisotopic (exact) mass is 362 g/mol. The molecule has 26 heavy (non-hydrogen) atoms. The van der Waals surface area contributed by atoms with Gasteiger partial charge in [-0.2, -0.15) is 0 Å². The molecule has 2 aliphatic heterocycles. The van der Waals surface area contributed by atoms with Crippen molar-refractivity contribution in [3.05, 3.63) is 28.4 Å². The summed E-state index contributed by atoms with van der Waals surface area (Å²) in [6, 6.07) is 3.20. The second-order valence-electron chi connectivity index (χ2n) is 8.27. The number of hydrogen-bond acceptors (Lipinski definition) is 6. The van der Waals surface area contributed by atoms with Crippen LogP contribution in [0.4, 0.5) is 16.3 Å². The van der Waals surface area contributed by atoms with Gasteiger partial charge in [0, 0.05) is 32.2 Å². The summed E-state index contributed by atoms with van der Waals surface area (Å²) < 4.78 is 5.49. The van der Waals surface area contributed by atoms with Gasteiger partial charge in [0.15, 0.2) is 6.20 Å². The van der Waals surface area contributed by atoms with Gasteiger partial charge in [0.2, 0.25) is 0 Å². The lowest BCUT2D eigenvalue weighted by atomic mass is 9.77. The van der Waals surface area contributed by atoms with E-state index in [0.717, 1.165) is 51.1 Å². The first-order chi connectivity index (χ1) is 12.2. The quantitative estimate of drug-likeness (QED) is 0.593. The minimum absolute atomic E-state index is 0.133. The lowest BCUT2D eigenvalue weighted by Crippen LogP contribution is -2.43. The van der Waals surface area contributed by atoms with Gasteiger partial charge in [-0.15, -0.1) is 0 Å². The van der Waals surface area contributed by atoms with Crippen molar-refractivity contribution in [3.63, 3.8) is 0 Å². The Balaban J connectivity index is 1.56. The lowest BCUT2D eigenvalue weighted by molar-refractivity contribution is -0.389. The fraction of sp³-hybridized carbons (Fsp3) is 0.667. The summed E-state index contributed by atoms with van der Waals surface area (Å²) in [6.07, 6.45) is 4.32. The van der Waals surface area contributed by atoms with Gasteiger partial charge >= 0.3 is 11.9 Å². The molecule has 3 rings (SSSR count). The second kappa shape index (κ2) is 6.74. The Morgan fingerprint density at radius 1 is 1.23 bits per heavy atom. The minimum atomic E-state index is -0.487. The van der Waals surface area contributed by atoms with Crippen molar-refractivity contribution >= 4 is 17.6 Å². The summed E-state index contributed by atoms with van der Waals surface area (Å²) in [7, 11) is 0. The number of carbonyl (C=O) groups excluding carboxylic acids is 1. The Morgan fingerprint density at radius 2 is 1.88 bits per heavy atom. The van der Waals surface area contributed by atoms with Crippen LogP contribution in [-0.4, -0.2) is 52.7 Å². The van der Waals surface area contributed by atoms with Gasteiger partial charge in [-0.3, -0.25) is 0 Å². The molecule has 1 aromatic heterocycles. The van der Waals surface area contributed by atoms with Crippen LogP contribution >= 0.6 is 0 Å². The van der Waals surface area contributed by atoms with Crippen LogP contribution in [0.25, 0.3) is 0 Å². The number of ether oxygens (including phenoxy) is 1. The van der Waals surface area contributed by atoms with E-state index in [2.05, 4.69) is 9.88 Å². The molecular weight excluding hydrogens is 336 g/mol. The molecule has 142 valence electrons. The van der Waals surface area contributed by atoms with E-state index in [4.69, 9.17) is 4.74 Å². The molecule has 2 saturated heterocycles. The average molecular weight is 362 g/mol. The van der Waals surface area contributed by atoms with E-state index in [1.54, 1.807) is 12.3 Å². The zero-order chi connectivity index (χ0) is 18.9. The van der Waals surface area contributed by atoms with Crippen LogP contribution in [0.1, 0.15) is 40.0 Å². The number of rotatable bonds is 2. The van der Waals surface area contributed by atoms with Gasteiger partial charge in [-0.1, -0.05) is 0 Å². The van der Waals surface area contributed by atoms with Crippen molar-refractivity contribution in [1.29, 1.82) is 0 Å². The molecule has 0 bridgehead atoms. The summed E-state index contributed by atoms with van der Waals surface area (Å²) >= 11 is 0. The van der Waals surface area contributed by atoms with Crippen molar-refractivity contribution in [2.75, 3.05) is 31.1 Å². The third-order valence-electron chi connectivity index (χ3n) is 5.20. The molecule has 0 N–H and O–H groups in total. The number of nitrogens with zero attached hydrogens (tertiary/aromatic N) is 4. The molecule has 0 radical (unpaired) electrons. The van der Waals surface area contributed by atoms with Gasteiger partial charge < -0.3 is 24.7 Å². The first-order valence-electron chi connectivity index (χ1n) is 9.01. The molecule has 0 aromatic carbocycles. The van der Waals surface area contributed by atoms with Gasteiger partial charge in [-0.05, 0) is 61.4 Å². The van der Waals surface area contributed by atoms with E-state index in [1.165, 1.54) is 6.07 Å². The molecule has 8 heteroatoms. The summed E-state index contributed by atoms with van der Waals surface area (Å²) in [4.78, 5) is 30.5. The molecular formula is C18H26N4O4. The normalized spacial score (nSPS) is 19.7. The number of carbonyl (C=O) groups is 1. The Hall–Kier alpha value is -2.38. The predicted octanol–water partition coefficient (Wildman–Crippen LogP) is 3.22. The van der Waals surface area contributed by atoms with Crippen molar-refractivity contribution < 1.29 is 14.5 Å². The summed E-state index contributed by atoms with van der Waals surface area (Å²) in [5, 5.41) is 10.7. The van der Waals surface area contributed by atoms with E-state index in [9.17, 15) is 14.9 Å². The Kier molecular flexibility index (Phi) is 4.77. The fourth-order valence-electron chi connectivity index (χ4n) is 3.74. The Morgan fingerprint density at radius 3 is 2.42 bits per heavy atom. The first kappa shape index (κ1) is 18.4. The smallest absolute Gasteiger partial charge is 0.410 e. The topological polar surface area (TPSA) is 88.8 Å². The SMILES string of the molecule is CC(C)(C)OC(=O)N1CCC2(CCN(c3ccc([N+](=O)[O-])nc3)CC2)C1. The van der Waals surface area contributed by atoms with Gasteiger partial charge in [-0.25, -0.2) is 4.79 Å². The summed E-state index contributed by atoms with van der Waals surface area (Å²) in [5.41, 5.74) is 0.591. The highest BCUT2D eigenvalue weighted by Gasteiger charge is 2.43. The third kappa shape index (κ3) is 4.05. The van der Waals surface area contributed by atoms with E-state index in [0.29, 0.717) is 0 Å². The fourth-order valence-corrected chi connectivity index (χ4v) is 3.74. The third-order valence-corrected chi connectivity index (χ3v) is 5.20. The van der Waals surface area contributed by atoms with E-state index in [1.807, 2.05) is 25.7 Å². The van der Waals surface area contributed by atoms with Crippen LogP contribution in [0, 0.1) is 15.5 Å². The van der Waals surface area contributed by atoms with E-state index in [-0.39, 0.29) is 17.3 Å². The van der Waals surface area contributed by atoms with E-state index >= 15 is 0 Å². The highest BCUT2D eigenvalue weighted by molar-refractivity contribution is 5.68. The Bertz CT molecular complexity index is 675. The minimum Gasteiger partial charge on any atom is -0.444 e. The number of hydrogen-bond donors (Lipinski definition) is 0. The average Bonchev–Trinajstić information content (AvgIpc) is 2.98. The molecule has 2 aliphatic rings. The molecule has 0 aliphatic carbocycles. The van der Waals surface area contributed by atoms with Crippen molar-refractivity contribution in [1.82, 2.24) is 9.88 Å². The summed E-state index contributed by atoms with van der Waals surface area (Å²) in [5.74, 6) is -0.133. The van der Waals surface area contributed by atoms with Crippen LogP contribution in [0.15, 0.2) is 18.3 Å². The number of anilines is 1. The molecule has 3 heterocycles. The standard InChI is InChI=1S/C18H26N4O4/c1-17(2,3)26-16(23)21-11-8-18(13-21)6-9-20(10-7-18)14-4-5-15(19-12-14)22(24)25/h4-5,12H,6-11,13H2,1-3H3. The number of nitro groups is 1. The highest BCUT2D eigenvalue weighted by Crippen LogP contribution is 2.41. The second-order valence-corrected chi connectivity index (χ2v) is 8.27. The highest BCUT2D eigenvalue weighted by atomic mass is 16.6. The molecule has 8 nitrogen and oxygen atoms in total. The number of aromatic nitrogens is 1. The number of piperidine rings is 1. The number of pyridine rings is 1. The van der Waals surface area contributed by atoms with Crippen LogP contribution in [0.3, 0.4) is 0 Å². The van der Waals surface area contributed by atoms with Gasteiger partial charge in [0.25, 0.3) is 0 Å². The molecule has 0 atom stereocenters. The maximum Gasteiger partial charge on any atom is 0.410 e. The summed E-state index contributed by atoms with van der Waals surface area (Å²) in [6.45, 7) is 8.86. The van der Waals surface area contributed by atoms with Crippen molar-refractivity contribution in [3.8, 4) is 0 Å². The maximum absolute atomic E-state index is 12.3. The zero-order valence-corrected chi connectivity index (χ0v) is 15.6. The zero-order valence-electron chi connectivity index (χ0n) is 15.6. The van der Waals surface area contributed by atoms with Crippen molar-refractivity contribution in [2.45, 2.75) is 45.6 Å². The molecule has 2 fully saturated rings. The maximum atomic E-state index is 12.3. The first-order valence-corrected chi connectivity index (χ1v) is 9.01.